The van der Waals surface area contributed by atoms with Gasteiger partial charge >= 0.3 is 0 Å². The lowest BCUT2D eigenvalue weighted by molar-refractivity contribution is 0.437. The number of thiophene rings is 1. The number of rotatable bonds is 2. The first kappa shape index (κ1) is 12.9. The highest BCUT2D eigenvalue weighted by atomic mass is 35.5. The van der Waals surface area contributed by atoms with E-state index in [9.17, 15) is 0 Å². The van der Waals surface area contributed by atoms with Crippen LogP contribution in [0.1, 0.15) is 16.9 Å². The number of nitrogens with two attached hydrogens (primary N) is 1. The summed E-state index contributed by atoms with van der Waals surface area (Å²) in [6, 6.07) is 9.81. The number of fused-ring (bicyclic) bond motifs is 1. The molecule has 0 radical (unpaired) electrons. The summed E-state index contributed by atoms with van der Waals surface area (Å²) in [7, 11) is 0. The maximum Gasteiger partial charge on any atom is 0.186 e. The van der Waals surface area contributed by atoms with Gasteiger partial charge in [-0.2, -0.15) is 0 Å². The molecule has 0 bridgehead atoms. The van der Waals surface area contributed by atoms with Gasteiger partial charge in [0.1, 0.15) is 0 Å². The van der Waals surface area contributed by atoms with Gasteiger partial charge in [0.2, 0.25) is 0 Å². The third kappa shape index (κ3) is 2.15. The SMILES string of the molecule is Nc1noc(-c2cc3c(s2)CCC3)c1-c1cccc(Cl)c1. The lowest BCUT2D eigenvalue weighted by Crippen LogP contribution is -1.88. The summed E-state index contributed by atoms with van der Waals surface area (Å²) < 4.78 is 5.51. The van der Waals surface area contributed by atoms with Gasteiger partial charge in [0, 0.05) is 9.90 Å². The van der Waals surface area contributed by atoms with Crippen molar-refractivity contribution in [1.82, 2.24) is 5.16 Å². The zero-order chi connectivity index (χ0) is 14.4. The predicted molar refractivity (Wildman–Crippen MR) is 86.7 cm³/mol. The Morgan fingerprint density at radius 1 is 1.24 bits per heavy atom. The van der Waals surface area contributed by atoms with Crippen molar-refractivity contribution in [2.45, 2.75) is 19.3 Å². The normalized spacial score (nSPS) is 13.6. The Morgan fingerprint density at radius 2 is 2.14 bits per heavy atom. The first-order valence-corrected chi connectivity index (χ1v) is 8.05. The second kappa shape index (κ2) is 4.90. The van der Waals surface area contributed by atoms with E-state index in [0.29, 0.717) is 10.8 Å². The van der Waals surface area contributed by atoms with Crippen LogP contribution in [0.25, 0.3) is 21.8 Å². The number of aryl methyl sites for hydroxylation is 2. The van der Waals surface area contributed by atoms with Gasteiger partial charge in [0.25, 0.3) is 0 Å². The summed E-state index contributed by atoms with van der Waals surface area (Å²) in [6.07, 6.45) is 3.57. The molecule has 0 fully saturated rings. The number of nitrogens with zero attached hydrogens (tertiary/aromatic N) is 1. The molecule has 0 aliphatic heterocycles. The Balaban J connectivity index is 1.86. The van der Waals surface area contributed by atoms with Gasteiger partial charge in [-0.25, -0.2) is 0 Å². The fourth-order valence-electron chi connectivity index (χ4n) is 2.83. The van der Waals surface area contributed by atoms with Gasteiger partial charge < -0.3 is 10.3 Å². The Kier molecular flexibility index (Phi) is 3.01. The van der Waals surface area contributed by atoms with Crippen molar-refractivity contribution >= 4 is 28.8 Å². The highest BCUT2D eigenvalue weighted by molar-refractivity contribution is 7.15. The summed E-state index contributed by atoms with van der Waals surface area (Å²) in [5.74, 6) is 1.15. The molecule has 0 unspecified atom stereocenters. The van der Waals surface area contributed by atoms with Crippen LogP contribution in [-0.2, 0) is 12.8 Å². The van der Waals surface area contributed by atoms with E-state index < -0.39 is 0 Å². The first-order chi connectivity index (χ1) is 10.2. The minimum absolute atomic E-state index is 0.404. The monoisotopic (exact) mass is 316 g/mol. The second-order valence-electron chi connectivity index (χ2n) is 5.19. The van der Waals surface area contributed by atoms with Crippen molar-refractivity contribution in [2.24, 2.45) is 0 Å². The van der Waals surface area contributed by atoms with Crippen LogP contribution < -0.4 is 5.73 Å². The summed E-state index contributed by atoms with van der Waals surface area (Å²) in [4.78, 5) is 2.55. The lowest BCUT2D eigenvalue weighted by atomic mass is 10.0. The number of nitrogen functional groups attached to an aromatic ring is 1. The molecule has 1 aromatic carbocycles. The number of halogens is 1. The molecule has 1 aliphatic carbocycles. The summed E-state index contributed by atoms with van der Waals surface area (Å²) >= 11 is 7.86. The van der Waals surface area contributed by atoms with E-state index in [2.05, 4.69) is 11.2 Å². The maximum absolute atomic E-state index is 6.08. The third-order valence-electron chi connectivity index (χ3n) is 3.80. The first-order valence-electron chi connectivity index (χ1n) is 6.85. The molecule has 5 heteroatoms. The molecule has 2 aromatic heterocycles. The molecular formula is C16H13ClN2OS. The topological polar surface area (TPSA) is 52.0 Å². The fraction of sp³-hybridized carbons (Fsp3) is 0.188. The highest BCUT2D eigenvalue weighted by Gasteiger charge is 2.22. The smallest absolute Gasteiger partial charge is 0.186 e. The Labute approximate surface area is 131 Å². The average molecular weight is 317 g/mol. The molecule has 2 N–H and O–H groups in total. The van der Waals surface area contributed by atoms with Crippen LogP contribution in [0.4, 0.5) is 5.82 Å². The van der Waals surface area contributed by atoms with Crippen LogP contribution in [-0.4, -0.2) is 5.16 Å². The van der Waals surface area contributed by atoms with Crippen LogP contribution in [0, 0.1) is 0 Å². The molecule has 3 nitrogen and oxygen atoms in total. The van der Waals surface area contributed by atoms with Crippen molar-refractivity contribution in [3.63, 3.8) is 0 Å². The van der Waals surface area contributed by atoms with Crippen LogP contribution in [0.2, 0.25) is 5.02 Å². The van der Waals surface area contributed by atoms with Gasteiger partial charge in [-0.3, -0.25) is 0 Å². The molecule has 0 saturated heterocycles. The molecule has 4 rings (SSSR count). The average Bonchev–Trinajstić information content (AvgIpc) is 3.11. The van der Waals surface area contributed by atoms with Gasteiger partial charge in [-0.1, -0.05) is 28.9 Å². The van der Waals surface area contributed by atoms with Gasteiger partial charge in [0.15, 0.2) is 11.6 Å². The zero-order valence-corrected chi connectivity index (χ0v) is 12.8. The Bertz CT molecular complexity index is 800. The molecule has 1 aliphatic rings. The van der Waals surface area contributed by atoms with E-state index in [0.717, 1.165) is 34.6 Å². The molecule has 0 atom stereocenters. The minimum Gasteiger partial charge on any atom is -0.380 e. The largest absolute Gasteiger partial charge is 0.380 e. The van der Waals surface area contributed by atoms with Crippen LogP contribution in [0.15, 0.2) is 34.9 Å². The van der Waals surface area contributed by atoms with Crippen molar-refractivity contribution in [2.75, 3.05) is 5.73 Å². The Morgan fingerprint density at radius 3 is 2.95 bits per heavy atom. The van der Waals surface area contributed by atoms with Crippen LogP contribution in [0.5, 0.6) is 0 Å². The lowest BCUT2D eigenvalue weighted by Gasteiger charge is -2.02. The summed E-state index contributed by atoms with van der Waals surface area (Å²) in [5.41, 5.74) is 9.21. The summed E-state index contributed by atoms with van der Waals surface area (Å²) in [6.45, 7) is 0. The summed E-state index contributed by atoms with van der Waals surface area (Å²) in [5, 5.41) is 4.62. The molecular weight excluding hydrogens is 304 g/mol. The van der Waals surface area contributed by atoms with Crippen LogP contribution in [0.3, 0.4) is 0 Å². The fourth-order valence-corrected chi connectivity index (χ4v) is 4.26. The van der Waals surface area contributed by atoms with Crippen molar-refractivity contribution in [3.8, 4) is 21.8 Å². The van der Waals surface area contributed by atoms with Crippen LogP contribution >= 0.6 is 22.9 Å². The molecule has 2 heterocycles. The number of hydrogen-bond acceptors (Lipinski definition) is 4. The molecule has 0 saturated carbocycles. The predicted octanol–water partition coefficient (Wildman–Crippen LogP) is 4.79. The van der Waals surface area contributed by atoms with E-state index in [1.54, 1.807) is 11.3 Å². The van der Waals surface area contributed by atoms with Gasteiger partial charge in [-0.15, -0.1) is 11.3 Å². The molecule has 106 valence electrons. The number of benzene rings is 1. The zero-order valence-electron chi connectivity index (χ0n) is 11.2. The molecule has 0 spiro atoms. The second-order valence-corrected chi connectivity index (χ2v) is 6.77. The van der Waals surface area contributed by atoms with E-state index in [1.165, 1.54) is 16.9 Å². The number of hydrogen-bond donors (Lipinski definition) is 1. The van der Waals surface area contributed by atoms with E-state index in [1.807, 2.05) is 24.3 Å². The molecule has 0 amide bonds. The standard InChI is InChI=1S/C16H13ClN2OS/c17-11-5-1-4-10(7-11)14-15(20-19-16(14)18)13-8-9-3-2-6-12(9)21-13/h1,4-5,7-8H,2-3,6H2,(H2,18,19). The molecule has 21 heavy (non-hydrogen) atoms. The third-order valence-corrected chi connectivity index (χ3v) is 5.27. The maximum atomic E-state index is 6.08. The van der Waals surface area contributed by atoms with E-state index in [-0.39, 0.29) is 0 Å². The molecule has 3 aromatic rings. The van der Waals surface area contributed by atoms with Gasteiger partial charge in [0.05, 0.1) is 10.4 Å². The van der Waals surface area contributed by atoms with Gasteiger partial charge in [-0.05, 0) is 48.6 Å². The van der Waals surface area contributed by atoms with Crippen molar-refractivity contribution in [1.29, 1.82) is 0 Å². The number of anilines is 1. The quantitative estimate of drug-likeness (QED) is 0.739. The van der Waals surface area contributed by atoms with E-state index >= 15 is 0 Å². The van der Waals surface area contributed by atoms with Crippen molar-refractivity contribution in [3.05, 3.63) is 45.8 Å². The van der Waals surface area contributed by atoms with E-state index in [4.69, 9.17) is 21.9 Å². The minimum atomic E-state index is 0.404. The van der Waals surface area contributed by atoms with Crippen molar-refractivity contribution < 1.29 is 4.52 Å². The Hall–Kier alpha value is -1.78. The number of aromatic nitrogens is 1. The highest BCUT2D eigenvalue weighted by Crippen LogP contribution is 2.43.